The van der Waals surface area contributed by atoms with E-state index in [1.807, 2.05) is 19.1 Å². The SMILES string of the molecule is Cc1ccc(CN2CC(CC(O)c3cccnc3)C2)cc1Cl. The fourth-order valence-corrected chi connectivity index (χ4v) is 3.18. The van der Waals surface area contributed by atoms with Crippen molar-refractivity contribution in [2.45, 2.75) is 26.0 Å². The molecule has 0 aliphatic carbocycles. The van der Waals surface area contributed by atoms with Crippen LogP contribution in [0.2, 0.25) is 5.02 Å². The van der Waals surface area contributed by atoms with E-state index < -0.39 is 6.10 Å². The molecule has 1 aromatic heterocycles. The molecule has 1 fully saturated rings. The zero-order valence-corrected chi connectivity index (χ0v) is 13.5. The van der Waals surface area contributed by atoms with Gasteiger partial charge in [-0.05, 0) is 48.1 Å². The Morgan fingerprint density at radius 3 is 2.86 bits per heavy atom. The Morgan fingerprint density at radius 2 is 2.18 bits per heavy atom. The van der Waals surface area contributed by atoms with Gasteiger partial charge in [0.05, 0.1) is 6.10 Å². The largest absolute Gasteiger partial charge is 0.388 e. The number of rotatable bonds is 5. The van der Waals surface area contributed by atoms with Crippen LogP contribution in [-0.2, 0) is 6.54 Å². The van der Waals surface area contributed by atoms with Gasteiger partial charge in [0, 0.05) is 37.1 Å². The van der Waals surface area contributed by atoms with Gasteiger partial charge < -0.3 is 5.11 Å². The molecule has 2 heterocycles. The van der Waals surface area contributed by atoms with Crippen LogP contribution >= 0.6 is 11.6 Å². The quantitative estimate of drug-likeness (QED) is 0.915. The molecule has 3 nitrogen and oxygen atoms in total. The fourth-order valence-electron chi connectivity index (χ4n) is 2.97. The van der Waals surface area contributed by atoms with Gasteiger partial charge in [-0.1, -0.05) is 29.8 Å². The molecular formula is C18H21ClN2O. The standard InChI is InChI=1S/C18H21ClN2O/c1-13-4-5-14(7-17(13)19)10-21-11-15(12-21)8-18(22)16-3-2-6-20-9-16/h2-7,9,15,18,22H,8,10-12H2,1H3. The number of aliphatic hydroxyl groups excluding tert-OH is 1. The topological polar surface area (TPSA) is 36.4 Å². The maximum Gasteiger partial charge on any atom is 0.0808 e. The second-order valence-electron chi connectivity index (χ2n) is 6.18. The van der Waals surface area contributed by atoms with Crippen molar-refractivity contribution in [3.63, 3.8) is 0 Å². The maximum absolute atomic E-state index is 10.2. The molecule has 0 amide bonds. The van der Waals surface area contributed by atoms with E-state index in [9.17, 15) is 5.11 Å². The number of halogens is 1. The van der Waals surface area contributed by atoms with Crippen LogP contribution in [0.4, 0.5) is 0 Å². The van der Waals surface area contributed by atoms with Crippen LogP contribution < -0.4 is 0 Å². The number of benzene rings is 1. The van der Waals surface area contributed by atoms with Gasteiger partial charge in [-0.2, -0.15) is 0 Å². The molecule has 1 atom stereocenters. The summed E-state index contributed by atoms with van der Waals surface area (Å²) < 4.78 is 0. The molecule has 3 rings (SSSR count). The van der Waals surface area contributed by atoms with Crippen LogP contribution in [-0.4, -0.2) is 28.1 Å². The van der Waals surface area contributed by atoms with Crippen LogP contribution in [0, 0.1) is 12.8 Å². The predicted molar refractivity (Wildman–Crippen MR) is 88.8 cm³/mol. The summed E-state index contributed by atoms with van der Waals surface area (Å²) >= 11 is 6.17. The Hall–Kier alpha value is -1.42. The Bertz CT molecular complexity index is 626. The maximum atomic E-state index is 10.2. The molecular weight excluding hydrogens is 296 g/mol. The second-order valence-corrected chi connectivity index (χ2v) is 6.59. The van der Waals surface area contributed by atoms with Gasteiger partial charge >= 0.3 is 0 Å². The summed E-state index contributed by atoms with van der Waals surface area (Å²) in [6.07, 6.45) is 3.87. The summed E-state index contributed by atoms with van der Waals surface area (Å²) in [5, 5.41) is 11.1. The average Bonchev–Trinajstić information content (AvgIpc) is 2.49. The molecule has 0 saturated carbocycles. The van der Waals surface area contributed by atoms with E-state index in [1.165, 1.54) is 5.56 Å². The molecule has 1 aromatic carbocycles. The minimum absolute atomic E-state index is 0.408. The number of hydrogen-bond acceptors (Lipinski definition) is 3. The summed E-state index contributed by atoms with van der Waals surface area (Å²) in [5.74, 6) is 0.552. The van der Waals surface area contributed by atoms with Gasteiger partial charge in [0.1, 0.15) is 0 Å². The van der Waals surface area contributed by atoms with Crippen LogP contribution in [0.15, 0.2) is 42.7 Å². The van der Waals surface area contributed by atoms with E-state index in [2.05, 4.69) is 28.1 Å². The number of aliphatic hydroxyl groups is 1. The average molecular weight is 317 g/mol. The summed E-state index contributed by atoms with van der Waals surface area (Å²) in [7, 11) is 0. The highest BCUT2D eigenvalue weighted by atomic mass is 35.5. The molecule has 0 spiro atoms. The highest BCUT2D eigenvalue weighted by Crippen LogP contribution is 2.28. The van der Waals surface area contributed by atoms with Crippen LogP contribution in [0.3, 0.4) is 0 Å². The summed E-state index contributed by atoms with van der Waals surface area (Å²) in [6, 6.07) is 10.1. The fraction of sp³-hybridized carbons (Fsp3) is 0.389. The van der Waals surface area contributed by atoms with Crippen molar-refractivity contribution < 1.29 is 5.11 Å². The molecule has 1 saturated heterocycles. The minimum atomic E-state index is -0.408. The van der Waals surface area contributed by atoms with E-state index in [0.29, 0.717) is 5.92 Å². The van der Waals surface area contributed by atoms with Gasteiger partial charge in [-0.15, -0.1) is 0 Å². The molecule has 1 N–H and O–H groups in total. The molecule has 0 bridgehead atoms. The molecule has 116 valence electrons. The number of aromatic nitrogens is 1. The van der Waals surface area contributed by atoms with Crippen LogP contribution in [0.25, 0.3) is 0 Å². The molecule has 0 radical (unpaired) electrons. The van der Waals surface area contributed by atoms with Gasteiger partial charge in [0.2, 0.25) is 0 Å². The number of nitrogens with zero attached hydrogens (tertiary/aromatic N) is 2. The predicted octanol–water partition coefficient (Wildman–Crippen LogP) is 3.60. The summed E-state index contributed by atoms with van der Waals surface area (Å²) in [6.45, 7) is 5.01. The first kappa shape index (κ1) is 15.5. The van der Waals surface area contributed by atoms with Gasteiger partial charge in [0.15, 0.2) is 0 Å². The third kappa shape index (κ3) is 3.67. The van der Waals surface area contributed by atoms with E-state index in [-0.39, 0.29) is 0 Å². The molecule has 1 aliphatic rings. The molecule has 1 unspecified atom stereocenters. The molecule has 4 heteroatoms. The van der Waals surface area contributed by atoms with Crippen LogP contribution in [0.5, 0.6) is 0 Å². The van der Waals surface area contributed by atoms with E-state index >= 15 is 0 Å². The monoisotopic (exact) mass is 316 g/mol. The third-order valence-electron chi connectivity index (χ3n) is 4.30. The molecule has 22 heavy (non-hydrogen) atoms. The van der Waals surface area contributed by atoms with Crippen molar-refractivity contribution in [3.05, 3.63) is 64.4 Å². The van der Waals surface area contributed by atoms with Crippen molar-refractivity contribution >= 4 is 11.6 Å². The lowest BCUT2D eigenvalue weighted by Gasteiger charge is -2.40. The van der Waals surface area contributed by atoms with Gasteiger partial charge in [-0.3, -0.25) is 9.88 Å². The summed E-state index contributed by atoms with van der Waals surface area (Å²) in [5.41, 5.74) is 3.28. The summed E-state index contributed by atoms with van der Waals surface area (Å²) in [4.78, 5) is 6.45. The molecule has 2 aromatic rings. The van der Waals surface area contributed by atoms with Crippen molar-refractivity contribution in [1.82, 2.24) is 9.88 Å². The van der Waals surface area contributed by atoms with E-state index in [4.69, 9.17) is 11.6 Å². The van der Waals surface area contributed by atoms with E-state index in [0.717, 1.165) is 42.2 Å². The van der Waals surface area contributed by atoms with E-state index in [1.54, 1.807) is 12.4 Å². The first-order chi connectivity index (χ1) is 10.6. The second kappa shape index (κ2) is 6.78. The first-order valence-corrected chi connectivity index (χ1v) is 8.05. The Balaban J connectivity index is 1.47. The number of hydrogen-bond donors (Lipinski definition) is 1. The number of pyridine rings is 1. The van der Waals surface area contributed by atoms with Crippen molar-refractivity contribution in [2.75, 3.05) is 13.1 Å². The lowest BCUT2D eigenvalue weighted by Crippen LogP contribution is -2.46. The van der Waals surface area contributed by atoms with Gasteiger partial charge in [0.25, 0.3) is 0 Å². The van der Waals surface area contributed by atoms with Gasteiger partial charge in [-0.25, -0.2) is 0 Å². The number of aryl methyl sites for hydroxylation is 1. The zero-order chi connectivity index (χ0) is 15.5. The van der Waals surface area contributed by atoms with Crippen molar-refractivity contribution in [1.29, 1.82) is 0 Å². The lowest BCUT2D eigenvalue weighted by atomic mass is 9.91. The Morgan fingerprint density at radius 1 is 1.36 bits per heavy atom. The molecule has 1 aliphatic heterocycles. The van der Waals surface area contributed by atoms with Crippen molar-refractivity contribution in [2.24, 2.45) is 5.92 Å². The van der Waals surface area contributed by atoms with Crippen LogP contribution in [0.1, 0.15) is 29.2 Å². The van der Waals surface area contributed by atoms with Crippen molar-refractivity contribution in [3.8, 4) is 0 Å². The Kier molecular flexibility index (Phi) is 4.77. The minimum Gasteiger partial charge on any atom is -0.388 e. The highest BCUT2D eigenvalue weighted by Gasteiger charge is 2.28. The lowest BCUT2D eigenvalue weighted by molar-refractivity contribution is 0.0439. The third-order valence-corrected chi connectivity index (χ3v) is 4.71. The first-order valence-electron chi connectivity index (χ1n) is 7.67. The smallest absolute Gasteiger partial charge is 0.0808 e. The Labute approximate surface area is 136 Å². The zero-order valence-electron chi connectivity index (χ0n) is 12.7. The number of likely N-dealkylation sites (tertiary alicyclic amines) is 1. The highest BCUT2D eigenvalue weighted by molar-refractivity contribution is 6.31. The normalized spacial score (nSPS) is 17.2.